The third-order valence-corrected chi connectivity index (χ3v) is 4.35. The lowest BCUT2D eigenvalue weighted by Crippen LogP contribution is -2.48. The molecule has 2 aliphatic rings. The fourth-order valence-electron chi connectivity index (χ4n) is 2.70. The van der Waals surface area contributed by atoms with E-state index < -0.39 is 5.41 Å². The average Bonchev–Trinajstić information content (AvgIpc) is 2.62. The Labute approximate surface area is 148 Å². The van der Waals surface area contributed by atoms with Crippen LogP contribution >= 0.6 is 0 Å². The van der Waals surface area contributed by atoms with E-state index in [4.69, 9.17) is 9.57 Å². The van der Waals surface area contributed by atoms with Gasteiger partial charge in [-0.05, 0) is 20.8 Å². The smallest absolute Gasteiger partial charge is 0.330 e. The van der Waals surface area contributed by atoms with E-state index in [0.29, 0.717) is 13.1 Å². The highest BCUT2D eigenvalue weighted by Gasteiger charge is 2.28. The van der Waals surface area contributed by atoms with Crippen molar-refractivity contribution in [2.45, 2.75) is 20.8 Å². The second kappa shape index (κ2) is 7.53. The number of hydroxylamine groups is 2. The Morgan fingerprint density at radius 3 is 2.16 bits per heavy atom. The second-order valence-electron chi connectivity index (χ2n) is 7.39. The molecule has 0 saturated carbocycles. The minimum absolute atomic E-state index is 0.195. The summed E-state index contributed by atoms with van der Waals surface area (Å²) in [6.07, 6.45) is 3.74. The number of morpholine rings is 1. The summed E-state index contributed by atoms with van der Waals surface area (Å²) >= 11 is 0. The van der Waals surface area contributed by atoms with Crippen LogP contribution < -0.4 is 9.80 Å². The Bertz CT molecular complexity index is 573. The van der Waals surface area contributed by atoms with Crippen LogP contribution in [0.25, 0.3) is 0 Å². The van der Waals surface area contributed by atoms with Crippen molar-refractivity contribution in [2.75, 3.05) is 62.3 Å². The summed E-state index contributed by atoms with van der Waals surface area (Å²) in [7, 11) is 0. The third kappa shape index (κ3) is 4.58. The van der Waals surface area contributed by atoms with Gasteiger partial charge < -0.3 is 19.4 Å². The van der Waals surface area contributed by atoms with E-state index in [0.717, 1.165) is 51.0 Å². The van der Waals surface area contributed by atoms with Crippen molar-refractivity contribution in [3.8, 4) is 0 Å². The van der Waals surface area contributed by atoms with Gasteiger partial charge in [0.1, 0.15) is 0 Å². The number of nitrogens with zero attached hydrogens (tertiary/aromatic N) is 5. The van der Waals surface area contributed by atoms with E-state index in [-0.39, 0.29) is 5.97 Å². The van der Waals surface area contributed by atoms with Gasteiger partial charge in [-0.25, -0.2) is 14.8 Å². The summed E-state index contributed by atoms with van der Waals surface area (Å²) in [4.78, 5) is 30.8. The number of carbonyl (C=O) groups is 1. The molecule has 8 nitrogen and oxygen atoms in total. The van der Waals surface area contributed by atoms with Gasteiger partial charge in [-0.15, -0.1) is 5.06 Å². The third-order valence-electron chi connectivity index (χ3n) is 4.35. The Morgan fingerprint density at radius 1 is 1.00 bits per heavy atom. The fraction of sp³-hybridized carbons (Fsp3) is 0.706. The van der Waals surface area contributed by atoms with Gasteiger partial charge in [0.25, 0.3) is 0 Å². The quantitative estimate of drug-likeness (QED) is 0.798. The molecule has 0 aliphatic carbocycles. The molecular formula is C17H27N5O3. The largest absolute Gasteiger partial charge is 0.378 e. The lowest BCUT2D eigenvalue weighted by atomic mass is 9.98. The van der Waals surface area contributed by atoms with Crippen LogP contribution in [0.15, 0.2) is 12.4 Å². The molecular weight excluding hydrogens is 322 g/mol. The molecule has 0 unspecified atom stereocenters. The monoisotopic (exact) mass is 349 g/mol. The van der Waals surface area contributed by atoms with Gasteiger partial charge in [0.2, 0.25) is 5.95 Å². The molecule has 138 valence electrons. The zero-order chi connectivity index (χ0) is 17.9. The predicted octanol–water partition coefficient (Wildman–Crippen LogP) is 0.940. The highest BCUT2D eigenvalue weighted by molar-refractivity contribution is 5.75. The van der Waals surface area contributed by atoms with Crippen molar-refractivity contribution in [2.24, 2.45) is 5.41 Å². The number of aromatic nitrogens is 2. The van der Waals surface area contributed by atoms with Gasteiger partial charge in [-0.1, -0.05) is 0 Å². The zero-order valence-corrected chi connectivity index (χ0v) is 15.3. The molecule has 0 atom stereocenters. The molecule has 8 heteroatoms. The molecule has 2 fully saturated rings. The van der Waals surface area contributed by atoms with Crippen molar-refractivity contribution >= 4 is 17.6 Å². The van der Waals surface area contributed by atoms with Crippen LogP contribution in [-0.2, 0) is 14.4 Å². The first-order valence-electron chi connectivity index (χ1n) is 8.80. The van der Waals surface area contributed by atoms with Crippen LogP contribution in [0, 0.1) is 5.41 Å². The molecule has 3 rings (SSSR count). The SMILES string of the molecule is CC(C)(C)C(=O)ON1CCN(c2cnc(N3CCOCC3)nc2)CC1. The first kappa shape index (κ1) is 17.9. The number of carbonyl (C=O) groups excluding carboxylic acids is 1. The number of piperazine rings is 1. The standard InChI is InChI=1S/C17H27N5O3/c1-17(2,3)15(23)25-22-6-4-20(5-7-22)14-12-18-16(19-13-14)21-8-10-24-11-9-21/h12-13H,4-11H2,1-3H3. The van der Waals surface area contributed by atoms with Crippen LogP contribution in [0.3, 0.4) is 0 Å². The Hall–Kier alpha value is -1.93. The Balaban J connectivity index is 1.51. The predicted molar refractivity (Wildman–Crippen MR) is 94.4 cm³/mol. The van der Waals surface area contributed by atoms with Crippen molar-refractivity contribution in [1.82, 2.24) is 15.0 Å². The van der Waals surface area contributed by atoms with Crippen LogP contribution in [0.2, 0.25) is 0 Å². The normalized spacial score (nSPS) is 19.8. The maximum Gasteiger partial charge on any atom is 0.330 e. The van der Waals surface area contributed by atoms with Gasteiger partial charge in [-0.3, -0.25) is 0 Å². The number of rotatable bonds is 3. The van der Waals surface area contributed by atoms with Gasteiger partial charge in [0.05, 0.1) is 49.8 Å². The topological polar surface area (TPSA) is 71.0 Å². The van der Waals surface area contributed by atoms with Crippen molar-refractivity contribution in [3.63, 3.8) is 0 Å². The molecule has 1 aromatic rings. The molecule has 0 aromatic carbocycles. The van der Waals surface area contributed by atoms with E-state index in [1.165, 1.54) is 0 Å². The molecule has 2 aliphatic heterocycles. The average molecular weight is 349 g/mol. The highest BCUT2D eigenvalue weighted by Crippen LogP contribution is 2.20. The first-order chi connectivity index (χ1) is 11.9. The molecule has 2 saturated heterocycles. The Kier molecular flexibility index (Phi) is 5.39. The van der Waals surface area contributed by atoms with Crippen molar-refractivity contribution in [1.29, 1.82) is 0 Å². The number of anilines is 2. The maximum absolute atomic E-state index is 12.0. The number of hydrogen-bond acceptors (Lipinski definition) is 8. The number of ether oxygens (including phenoxy) is 1. The van der Waals surface area contributed by atoms with Crippen LogP contribution in [0.5, 0.6) is 0 Å². The van der Waals surface area contributed by atoms with Gasteiger partial charge in [0.15, 0.2) is 0 Å². The number of hydrogen-bond donors (Lipinski definition) is 0. The molecule has 25 heavy (non-hydrogen) atoms. The molecule has 1 aromatic heterocycles. The molecule has 3 heterocycles. The summed E-state index contributed by atoms with van der Waals surface area (Å²) in [5, 5.41) is 1.74. The van der Waals surface area contributed by atoms with E-state index in [1.807, 2.05) is 33.2 Å². The van der Waals surface area contributed by atoms with Crippen LogP contribution in [0.4, 0.5) is 11.6 Å². The van der Waals surface area contributed by atoms with Gasteiger partial charge in [-0.2, -0.15) is 0 Å². The summed E-state index contributed by atoms with van der Waals surface area (Å²) in [5.41, 5.74) is 0.513. The van der Waals surface area contributed by atoms with E-state index in [1.54, 1.807) is 5.06 Å². The Morgan fingerprint density at radius 2 is 1.60 bits per heavy atom. The van der Waals surface area contributed by atoms with Crippen molar-refractivity contribution < 1.29 is 14.4 Å². The molecule has 0 bridgehead atoms. The molecule has 0 spiro atoms. The minimum Gasteiger partial charge on any atom is -0.378 e. The zero-order valence-electron chi connectivity index (χ0n) is 15.3. The lowest BCUT2D eigenvalue weighted by Gasteiger charge is -2.35. The van der Waals surface area contributed by atoms with Gasteiger partial charge in [0, 0.05) is 26.2 Å². The lowest BCUT2D eigenvalue weighted by molar-refractivity contribution is -0.201. The summed E-state index contributed by atoms with van der Waals surface area (Å²) < 4.78 is 5.35. The molecule has 0 amide bonds. The highest BCUT2D eigenvalue weighted by atomic mass is 16.7. The van der Waals surface area contributed by atoms with Crippen molar-refractivity contribution in [3.05, 3.63) is 12.4 Å². The summed E-state index contributed by atoms with van der Waals surface area (Å²) in [6.45, 7) is 11.6. The summed E-state index contributed by atoms with van der Waals surface area (Å²) in [6, 6.07) is 0. The van der Waals surface area contributed by atoms with Crippen LogP contribution in [0.1, 0.15) is 20.8 Å². The van der Waals surface area contributed by atoms with Gasteiger partial charge >= 0.3 is 5.97 Å². The van der Waals surface area contributed by atoms with E-state index in [2.05, 4.69) is 19.8 Å². The molecule has 0 radical (unpaired) electrons. The summed E-state index contributed by atoms with van der Waals surface area (Å²) in [5.74, 6) is 0.559. The van der Waals surface area contributed by atoms with E-state index >= 15 is 0 Å². The van der Waals surface area contributed by atoms with Crippen LogP contribution in [-0.4, -0.2) is 73.5 Å². The first-order valence-corrected chi connectivity index (χ1v) is 8.80. The second-order valence-corrected chi connectivity index (χ2v) is 7.39. The minimum atomic E-state index is -0.486. The fourth-order valence-corrected chi connectivity index (χ4v) is 2.70. The van der Waals surface area contributed by atoms with E-state index in [9.17, 15) is 4.79 Å². The maximum atomic E-state index is 12.0. The molecule has 0 N–H and O–H groups in total.